The molecular formula is C12H16O2. The lowest BCUT2D eigenvalue weighted by Crippen LogP contribution is -2.18. The SMILES string of the molecule is CC[C@H](C)[C@@H](C(=O)O)c1ccccc1. The molecule has 0 aliphatic carbocycles. The van der Waals surface area contributed by atoms with Gasteiger partial charge in [-0.3, -0.25) is 4.79 Å². The molecule has 0 saturated carbocycles. The number of carboxylic acids is 1. The Labute approximate surface area is 84.6 Å². The Morgan fingerprint density at radius 1 is 1.36 bits per heavy atom. The summed E-state index contributed by atoms with van der Waals surface area (Å²) in [6, 6.07) is 9.43. The highest BCUT2D eigenvalue weighted by Gasteiger charge is 2.24. The third-order valence-corrected chi connectivity index (χ3v) is 2.64. The van der Waals surface area contributed by atoms with E-state index in [1.807, 2.05) is 44.2 Å². The second-order valence-corrected chi connectivity index (χ2v) is 3.61. The first-order valence-electron chi connectivity index (χ1n) is 4.94. The number of benzene rings is 1. The van der Waals surface area contributed by atoms with Crippen LogP contribution in [0.1, 0.15) is 31.7 Å². The number of carbonyl (C=O) groups is 1. The monoisotopic (exact) mass is 192 g/mol. The normalized spacial score (nSPS) is 14.7. The Kier molecular flexibility index (Phi) is 3.69. The van der Waals surface area contributed by atoms with Crippen molar-refractivity contribution >= 4 is 5.97 Å². The molecular weight excluding hydrogens is 176 g/mol. The molecule has 0 aliphatic heterocycles. The molecule has 2 atom stereocenters. The molecule has 1 aromatic rings. The van der Waals surface area contributed by atoms with Crippen LogP contribution in [0.5, 0.6) is 0 Å². The molecule has 0 aliphatic rings. The summed E-state index contributed by atoms with van der Waals surface area (Å²) in [5.41, 5.74) is 0.898. The molecule has 1 rings (SSSR count). The van der Waals surface area contributed by atoms with Gasteiger partial charge in [-0.2, -0.15) is 0 Å². The summed E-state index contributed by atoms with van der Waals surface area (Å²) >= 11 is 0. The average Bonchev–Trinajstić information content (AvgIpc) is 2.19. The van der Waals surface area contributed by atoms with Gasteiger partial charge in [-0.1, -0.05) is 50.6 Å². The molecule has 0 radical (unpaired) electrons. The average molecular weight is 192 g/mol. The zero-order valence-electron chi connectivity index (χ0n) is 8.60. The summed E-state index contributed by atoms with van der Waals surface area (Å²) < 4.78 is 0. The van der Waals surface area contributed by atoms with Crippen LogP contribution in [0.2, 0.25) is 0 Å². The van der Waals surface area contributed by atoms with Crippen molar-refractivity contribution in [3.8, 4) is 0 Å². The molecule has 14 heavy (non-hydrogen) atoms. The smallest absolute Gasteiger partial charge is 0.311 e. The molecule has 0 aromatic heterocycles. The number of hydrogen-bond acceptors (Lipinski definition) is 1. The van der Waals surface area contributed by atoms with Gasteiger partial charge in [-0.25, -0.2) is 0 Å². The van der Waals surface area contributed by atoms with Crippen molar-refractivity contribution in [3.63, 3.8) is 0 Å². The van der Waals surface area contributed by atoms with Gasteiger partial charge in [0.25, 0.3) is 0 Å². The lowest BCUT2D eigenvalue weighted by atomic mass is 9.86. The zero-order chi connectivity index (χ0) is 10.6. The van der Waals surface area contributed by atoms with Crippen LogP contribution in [-0.2, 0) is 4.79 Å². The van der Waals surface area contributed by atoms with Crippen molar-refractivity contribution in [2.24, 2.45) is 5.92 Å². The summed E-state index contributed by atoms with van der Waals surface area (Å²) in [6.45, 7) is 4.00. The summed E-state index contributed by atoms with van der Waals surface area (Å²) in [5, 5.41) is 9.13. The van der Waals surface area contributed by atoms with Gasteiger partial charge in [0, 0.05) is 0 Å². The van der Waals surface area contributed by atoms with Crippen LogP contribution in [0.25, 0.3) is 0 Å². The number of rotatable bonds is 4. The van der Waals surface area contributed by atoms with Crippen LogP contribution < -0.4 is 0 Å². The minimum atomic E-state index is -0.731. The lowest BCUT2D eigenvalue weighted by Gasteiger charge is -2.18. The Morgan fingerprint density at radius 3 is 2.36 bits per heavy atom. The molecule has 2 heteroatoms. The summed E-state index contributed by atoms with van der Waals surface area (Å²) in [6.07, 6.45) is 0.881. The Balaban J connectivity index is 2.95. The van der Waals surface area contributed by atoms with E-state index >= 15 is 0 Å². The second kappa shape index (κ2) is 4.80. The molecule has 0 unspecified atom stereocenters. The van der Waals surface area contributed by atoms with E-state index in [1.165, 1.54) is 0 Å². The molecule has 0 fully saturated rings. The first kappa shape index (κ1) is 10.8. The van der Waals surface area contributed by atoms with Crippen molar-refractivity contribution in [2.75, 3.05) is 0 Å². The maximum Gasteiger partial charge on any atom is 0.311 e. The van der Waals surface area contributed by atoms with Crippen molar-refractivity contribution < 1.29 is 9.90 Å². The number of hydrogen-bond donors (Lipinski definition) is 1. The summed E-state index contributed by atoms with van der Waals surface area (Å²) in [5.74, 6) is -0.929. The first-order valence-corrected chi connectivity index (χ1v) is 4.94. The number of aliphatic carboxylic acids is 1. The van der Waals surface area contributed by atoms with E-state index in [-0.39, 0.29) is 11.8 Å². The van der Waals surface area contributed by atoms with Crippen molar-refractivity contribution in [3.05, 3.63) is 35.9 Å². The molecule has 1 aromatic carbocycles. The molecule has 0 spiro atoms. The van der Waals surface area contributed by atoms with Gasteiger partial charge < -0.3 is 5.11 Å². The Morgan fingerprint density at radius 2 is 1.93 bits per heavy atom. The second-order valence-electron chi connectivity index (χ2n) is 3.61. The molecule has 0 amide bonds. The standard InChI is InChI=1S/C12H16O2/c1-3-9(2)11(12(13)14)10-7-5-4-6-8-10/h4-9,11H,3H2,1-2H3,(H,13,14)/t9-,11+/m0/s1. The van der Waals surface area contributed by atoms with Gasteiger partial charge in [-0.15, -0.1) is 0 Å². The van der Waals surface area contributed by atoms with E-state index < -0.39 is 5.97 Å². The van der Waals surface area contributed by atoms with Crippen LogP contribution in [0.4, 0.5) is 0 Å². The fourth-order valence-corrected chi connectivity index (χ4v) is 1.61. The summed E-state index contributed by atoms with van der Waals surface area (Å²) in [7, 11) is 0. The Bertz CT molecular complexity index is 292. The summed E-state index contributed by atoms with van der Waals surface area (Å²) in [4.78, 5) is 11.1. The minimum absolute atomic E-state index is 0.176. The lowest BCUT2D eigenvalue weighted by molar-refractivity contribution is -0.140. The van der Waals surface area contributed by atoms with Crippen LogP contribution in [0.3, 0.4) is 0 Å². The van der Waals surface area contributed by atoms with Gasteiger partial charge in [-0.05, 0) is 11.5 Å². The minimum Gasteiger partial charge on any atom is -0.481 e. The third kappa shape index (κ3) is 2.34. The Hall–Kier alpha value is -1.31. The molecule has 0 heterocycles. The first-order chi connectivity index (χ1) is 6.66. The van der Waals surface area contributed by atoms with Gasteiger partial charge in [0.2, 0.25) is 0 Å². The van der Waals surface area contributed by atoms with E-state index in [4.69, 9.17) is 5.11 Å². The van der Waals surface area contributed by atoms with Crippen LogP contribution in [0, 0.1) is 5.92 Å². The van der Waals surface area contributed by atoms with Gasteiger partial charge in [0.05, 0.1) is 5.92 Å². The predicted molar refractivity (Wildman–Crippen MR) is 56.3 cm³/mol. The van der Waals surface area contributed by atoms with E-state index in [0.29, 0.717) is 0 Å². The maximum absolute atomic E-state index is 11.1. The molecule has 76 valence electrons. The van der Waals surface area contributed by atoms with Crippen LogP contribution >= 0.6 is 0 Å². The fourth-order valence-electron chi connectivity index (χ4n) is 1.61. The van der Waals surface area contributed by atoms with E-state index in [2.05, 4.69) is 0 Å². The quantitative estimate of drug-likeness (QED) is 0.796. The van der Waals surface area contributed by atoms with Gasteiger partial charge >= 0.3 is 5.97 Å². The van der Waals surface area contributed by atoms with Crippen LogP contribution in [0.15, 0.2) is 30.3 Å². The molecule has 2 nitrogen and oxygen atoms in total. The van der Waals surface area contributed by atoms with Crippen molar-refractivity contribution in [1.82, 2.24) is 0 Å². The van der Waals surface area contributed by atoms with E-state index in [9.17, 15) is 4.79 Å². The zero-order valence-corrected chi connectivity index (χ0v) is 8.60. The topological polar surface area (TPSA) is 37.3 Å². The van der Waals surface area contributed by atoms with Crippen LogP contribution in [-0.4, -0.2) is 11.1 Å². The molecule has 0 saturated heterocycles. The molecule has 1 N–H and O–H groups in total. The maximum atomic E-state index is 11.1. The van der Waals surface area contributed by atoms with E-state index in [1.54, 1.807) is 0 Å². The van der Waals surface area contributed by atoms with Crippen molar-refractivity contribution in [2.45, 2.75) is 26.2 Å². The third-order valence-electron chi connectivity index (χ3n) is 2.64. The van der Waals surface area contributed by atoms with Gasteiger partial charge in [0.15, 0.2) is 0 Å². The van der Waals surface area contributed by atoms with Crippen molar-refractivity contribution in [1.29, 1.82) is 0 Å². The van der Waals surface area contributed by atoms with E-state index in [0.717, 1.165) is 12.0 Å². The molecule has 0 bridgehead atoms. The van der Waals surface area contributed by atoms with Gasteiger partial charge in [0.1, 0.15) is 0 Å². The fraction of sp³-hybridized carbons (Fsp3) is 0.417. The highest BCUT2D eigenvalue weighted by molar-refractivity contribution is 5.76. The highest BCUT2D eigenvalue weighted by Crippen LogP contribution is 2.26. The largest absolute Gasteiger partial charge is 0.481 e. The predicted octanol–water partition coefficient (Wildman–Crippen LogP) is 2.90. The number of carboxylic acid groups (broad SMARTS) is 1. The highest BCUT2D eigenvalue weighted by atomic mass is 16.4.